The van der Waals surface area contributed by atoms with Gasteiger partial charge in [0.2, 0.25) is 0 Å². The zero-order chi connectivity index (χ0) is 14.1. The van der Waals surface area contributed by atoms with Crippen molar-refractivity contribution in [3.63, 3.8) is 0 Å². The van der Waals surface area contributed by atoms with E-state index in [9.17, 15) is 0 Å². The van der Waals surface area contributed by atoms with E-state index in [2.05, 4.69) is 19.9 Å². The minimum Gasteiger partial charge on any atom is -0.457 e. The molecule has 0 atom stereocenters. The van der Waals surface area contributed by atoms with Crippen LogP contribution in [0.25, 0.3) is 21.8 Å². The third-order valence-corrected chi connectivity index (χ3v) is 3.19. The summed E-state index contributed by atoms with van der Waals surface area (Å²) in [6, 6.07) is 11.5. The number of benzene rings is 2. The van der Waals surface area contributed by atoms with Crippen molar-refractivity contribution in [3.05, 3.63) is 61.4 Å². The van der Waals surface area contributed by atoms with E-state index in [-0.39, 0.29) is 0 Å². The molecule has 4 rings (SSSR count). The minimum atomic E-state index is 0.731. The van der Waals surface area contributed by atoms with Crippen molar-refractivity contribution >= 4 is 21.8 Å². The van der Waals surface area contributed by atoms with Gasteiger partial charge < -0.3 is 4.74 Å². The molecule has 0 amide bonds. The van der Waals surface area contributed by atoms with Crippen LogP contribution in [0.3, 0.4) is 0 Å². The first-order valence-electron chi connectivity index (χ1n) is 6.46. The van der Waals surface area contributed by atoms with Crippen molar-refractivity contribution in [2.45, 2.75) is 0 Å². The molecule has 0 aliphatic rings. The Morgan fingerprint density at radius 3 is 1.71 bits per heavy atom. The molecular formula is C16H10N4O. The van der Waals surface area contributed by atoms with Crippen molar-refractivity contribution in [1.82, 2.24) is 19.9 Å². The summed E-state index contributed by atoms with van der Waals surface area (Å²) in [5.74, 6) is 1.46. The molecule has 0 saturated heterocycles. The number of aromatic nitrogens is 4. The van der Waals surface area contributed by atoms with Gasteiger partial charge in [0.25, 0.3) is 0 Å². The highest BCUT2D eigenvalue weighted by molar-refractivity contribution is 5.80. The second-order valence-electron chi connectivity index (χ2n) is 4.59. The van der Waals surface area contributed by atoms with Crippen LogP contribution >= 0.6 is 0 Å². The molecule has 0 spiro atoms. The lowest BCUT2D eigenvalue weighted by Gasteiger charge is -2.07. The Labute approximate surface area is 120 Å². The standard InChI is InChI=1S/C16H10N4O/c1-3-13(5-15-11(1)7-17-9-19-15)21-14-4-2-12-8-18-10-20-16(12)6-14/h1-10H. The van der Waals surface area contributed by atoms with Crippen LogP contribution in [0.4, 0.5) is 0 Å². The van der Waals surface area contributed by atoms with Gasteiger partial charge in [-0.2, -0.15) is 0 Å². The SMILES string of the molecule is c1ncc2ccc(Oc3ccc4cncnc4c3)cc2n1. The lowest BCUT2D eigenvalue weighted by Crippen LogP contribution is -1.87. The minimum absolute atomic E-state index is 0.731. The number of hydrogen-bond donors (Lipinski definition) is 0. The number of ether oxygens (including phenoxy) is 1. The number of nitrogens with zero attached hydrogens (tertiary/aromatic N) is 4. The molecule has 0 fully saturated rings. The summed E-state index contributed by atoms with van der Waals surface area (Å²) in [7, 11) is 0. The molecule has 0 unspecified atom stereocenters. The van der Waals surface area contributed by atoms with Gasteiger partial charge in [-0.1, -0.05) is 0 Å². The van der Waals surface area contributed by atoms with Crippen molar-refractivity contribution in [1.29, 1.82) is 0 Å². The fraction of sp³-hybridized carbons (Fsp3) is 0. The van der Waals surface area contributed by atoms with E-state index >= 15 is 0 Å². The molecule has 100 valence electrons. The van der Waals surface area contributed by atoms with Crippen molar-refractivity contribution in [3.8, 4) is 11.5 Å². The van der Waals surface area contributed by atoms with E-state index in [1.165, 1.54) is 12.7 Å². The largest absolute Gasteiger partial charge is 0.457 e. The molecule has 0 radical (unpaired) electrons. The summed E-state index contributed by atoms with van der Waals surface area (Å²) < 4.78 is 5.87. The van der Waals surface area contributed by atoms with Gasteiger partial charge in [0.1, 0.15) is 24.2 Å². The third-order valence-electron chi connectivity index (χ3n) is 3.19. The summed E-state index contributed by atoms with van der Waals surface area (Å²) in [4.78, 5) is 16.4. The van der Waals surface area contributed by atoms with Gasteiger partial charge in [-0.15, -0.1) is 0 Å². The van der Waals surface area contributed by atoms with E-state index < -0.39 is 0 Å². The molecule has 0 bridgehead atoms. The summed E-state index contributed by atoms with van der Waals surface area (Å²) in [5, 5.41) is 1.97. The Kier molecular flexibility index (Phi) is 2.67. The fourth-order valence-electron chi connectivity index (χ4n) is 2.17. The molecule has 0 aliphatic carbocycles. The first-order chi connectivity index (χ1) is 10.4. The molecule has 21 heavy (non-hydrogen) atoms. The normalized spacial score (nSPS) is 10.9. The van der Waals surface area contributed by atoms with E-state index in [0.29, 0.717) is 0 Å². The maximum absolute atomic E-state index is 5.87. The number of hydrogen-bond acceptors (Lipinski definition) is 5. The average Bonchev–Trinajstić information content (AvgIpc) is 2.55. The van der Waals surface area contributed by atoms with Gasteiger partial charge in [-0.25, -0.2) is 19.9 Å². The van der Waals surface area contributed by atoms with Gasteiger partial charge in [0.15, 0.2) is 0 Å². The van der Waals surface area contributed by atoms with Crippen LogP contribution in [-0.4, -0.2) is 19.9 Å². The van der Waals surface area contributed by atoms with Crippen LogP contribution in [0.2, 0.25) is 0 Å². The average molecular weight is 274 g/mol. The molecule has 0 aliphatic heterocycles. The molecule has 5 nitrogen and oxygen atoms in total. The monoisotopic (exact) mass is 274 g/mol. The maximum atomic E-state index is 5.87. The Hall–Kier alpha value is -3.08. The number of rotatable bonds is 2. The van der Waals surface area contributed by atoms with Crippen molar-refractivity contribution < 1.29 is 4.74 Å². The van der Waals surface area contributed by atoms with Gasteiger partial charge in [-0.05, 0) is 24.3 Å². The molecule has 2 heterocycles. The van der Waals surface area contributed by atoms with Gasteiger partial charge >= 0.3 is 0 Å². The molecular weight excluding hydrogens is 264 g/mol. The Bertz CT molecular complexity index is 862. The first kappa shape index (κ1) is 11.7. The predicted molar refractivity (Wildman–Crippen MR) is 79.2 cm³/mol. The predicted octanol–water partition coefficient (Wildman–Crippen LogP) is 3.37. The van der Waals surface area contributed by atoms with Crippen LogP contribution in [0.5, 0.6) is 11.5 Å². The summed E-state index contributed by atoms with van der Waals surface area (Å²) in [6.07, 6.45) is 6.61. The first-order valence-corrected chi connectivity index (χ1v) is 6.46. The van der Waals surface area contributed by atoms with E-state index in [1.807, 2.05) is 36.4 Å². The fourth-order valence-corrected chi connectivity index (χ4v) is 2.17. The lowest BCUT2D eigenvalue weighted by molar-refractivity contribution is 0.484. The topological polar surface area (TPSA) is 60.8 Å². The highest BCUT2D eigenvalue weighted by Crippen LogP contribution is 2.26. The highest BCUT2D eigenvalue weighted by atomic mass is 16.5. The highest BCUT2D eigenvalue weighted by Gasteiger charge is 2.02. The van der Waals surface area contributed by atoms with Gasteiger partial charge in [0, 0.05) is 35.3 Å². The van der Waals surface area contributed by atoms with Crippen LogP contribution in [0.15, 0.2) is 61.4 Å². The maximum Gasteiger partial charge on any atom is 0.129 e. The third kappa shape index (κ3) is 2.25. The lowest BCUT2D eigenvalue weighted by atomic mass is 10.2. The van der Waals surface area contributed by atoms with Crippen molar-refractivity contribution in [2.75, 3.05) is 0 Å². The summed E-state index contributed by atoms with van der Waals surface area (Å²) in [6.45, 7) is 0. The smallest absolute Gasteiger partial charge is 0.129 e. The quantitative estimate of drug-likeness (QED) is 0.561. The second kappa shape index (κ2) is 4.79. The second-order valence-corrected chi connectivity index (χ2v) is 4.59. The molecule has 0 N–H and O–H groups in total. The molecule has 2 aromatic heterocycles. The van der Waals surface area contributed by atoms with E-state index in [4.69, 9.17) is 4.74 Å². The number of fused-ring (bicyclic) bond motifs is 2. The summed E-state index contributed by atoms with van der Waals surface area (Å²) in [5.41, 5.74) is 1.70. The molecule has 0 saturated carbocycles. The van der Waals surface area contributed by atoms with E-state index in [1.54, 1.807) is 12.4 Å². The zero-order valence-electron chi connectivity index (χ0n) is 11.0. The van der Waals surface area contributed by atoms with Gasteiger partial charge in [0.05, 0.1) is 11.0 Å². The Morgan fingerprint density at radius 2 is 1.19 bits per heavy atom. The summed E-state index contributed by atoms with van der Waals surface area (Å²) >= 11 is 0. The molecule has 2 aromatic carbocycles. The van der Waals surface area contributed by atoms with Crippen LogP contribution in [0, 0.1) is 0 Å². The van der Waals surface area contributed by atoms with Crippen LogP contribution < -0.4 is 4.74 Å². The molecule has 5 heteroatoms. The van der Waals surface area contributed by atoms with Gasteiger partial charge in [-0.3, -0.25) is 0 Å². The Balaban J connectivity index is 1.71. The van der Waals surface area contributed by atoms with Crippen molar-refractivity contribution in [2.24, 2.45) is 0 Å². The Morgan fingerprint density at radius 1 is 0.667 bits per heavy atom. The van der Waals surface area contributed by atoms with Crippen LogP contribution in [-0.2, 0) is 0 Å². The van der Waals surface area contributed by atoms with E-state index in [0.717, 1.165) is 33.3 Å². The molecule has 4 aromatic rings. The van der Waals surface area contributed by atoms with Crippen LogP contribution in [0.1, 0.15) is 0 Å². The zero-order valence-corrected chi connectivity index (χ0v) is 11.0.